The Labute approximate surface area is 182 Å². The van der Waals surface area contributed by atoms with Gasteiger partial charge in [-0.05, 0) is 12.0 Å². The van der Waals surface area contributed by atoms with Crippen LogP contribution in [0.2, 0.25) is 0 Å². The Kier molecular flexibility index (Phi) is 12.9. The number of hydrogen-bond donors (Lipinski definition) is 1. The first-order valence-electron chi connectivity index (χ1n) is 9.14. The Balaban J connectivity index is 0.00000364. The number of aliphatic imine (C=N–C) groups is 1. The normalized spacial score (nSPS) is 18.2. The van der Waals surface area contributed by atoms with Crippen LogP contribution in [-0.4, -0.2) is 74.4 Å². The fraction of sp³-hybridized carbons (Fsp3) is 0.632. The van der Waals surface area contributed by atoms with Crippen LogP contribution in [0.1, 0.15) is 12.0 Å². The molecule has 1 aliphatic heterocycles. The molecule has 1 aromatic carbocycles. The highest BCUT2D eigenvalue weighted by atomic mass is 127. The van der Waals surface area contributed by atoms with Gasteiger partial charge in [-0.15, -0.1) is 24.0 Å². The Morgan fingerprint density at radius 1 is 1.33 bits per heavy atom. The van der Waals surface area contributed by atoms with Crippen molar-refractivity contribution < 1.29 is 13.7 Å². The van der Waals surface area contributed by atoms with Crippen LogP contribution in [0.5, 0.6) is 0 Å². The Morgan fingerprint density at radius 2 is 2.11 bits per heavy atom. The first-order chi connectivity index (χ1) is 12.7. The average Bonchev–Trinajstić information content (AvgIpc) is 3.12. The fourth-order valence-electron chi connectivity index (χ4n) is 2.99. The molecule has 1 aromatic rings. The number of ether oxygens (including phenoxy) is 2. The molecule has 0 spiro atoms. The van der Waals surface area contributed by atoms with Gasteiger partial charge in [0.1, 0.15) is 0 Å². The van der Waals surface area contributed by atoms with Crippen molar-refractivity contribution in [2.75, 3.05) is 59.4 Å². The summed E-state index contributed by atoms with van der Waals surface area (Å²) in [6, 6.07) is 9.97. The first kappa shape index (κ1) is 24.3. The van der Waals surface area contributed by atoms with Gasteiger partial charge >= 0.3 is 0 Å². The molecule has 27 heavy (non-hydrogen) atoms. The summed E-state index contributed by atoms with van der Waals surface area (Å²) in [5.74, 6) is 2.63. The second-order valence-electron chi connectivity index (χ2n) is 6.42. The number of guanidine groups is 1. The van der Waals surface area contributed by atoms with Crippen LogP contribution >= 0.6 is 24.0 Å². The van der Waals surface area contributed by atoms with Crippen LogP contribution in [-0.2, 0) is 26.0 Å². The highest BCUT2D eigenvalue weighted by Crippen LogP contribution is 2.16. The minimum atomic E-state index is -0.872. The number of likely N-dealkylation sites (tertiary alicyclic amines) is 1. The molecule has 1 N–H and O–H groups in total. The molecule has 2 atom stereocenters. The van der Waals surface area contributed by atoms with Gasteiger partial charge in [0.05, 0.1) is 19.8 Å². The molecule has 1 saturated heterocycles. The third-order valence-corrected chi connectivity index (χ3v) is 5.68. The maximum absolute atomic E-state index is 12.2. The van der Waals surface area contributed by atoms with Crippen LogP contribution in [0.4, 0.5) is 0 Å². The lowest BCUT2D eigenvalue weighted by molar-refractivity contribution is 0.0536. The number of methoxy groups -OCH3 is 1. The fourth-order valence-corrected chi connectivity index (χ4v) is 4.03. The minimum Gasteiger partial charge on any atom is -0.382 e. The summed E-state index contributed by atoms with van der Waals surface area (Å²) in [7, 11) is 2.61. The summed E-state index contributed by atoms with van der Waals surface area (Å²) in [6.45, 7) is 4.63. The van der Waals surface area contributed by atoms with E-state index in [1.54, 1.807) is 14.2 Å². The molecule has 1 heterocycles. The van der Waals surface area contributed by atoms with Gasteiger partial charge in [-0.3, -0.25) is 9.20 Å². The van der Waals surface area contributed by atoms with E-state index in [0.29, 0.717) is 37.2 Å². The number of rotatable bonds is 10. The van der Waals surface area contributed by atoms with Gasteiger partial charge in [0.2, 0.25) is 0 Å². The van der Waals surface area contributed by atoms with E-state index in [4.69, 9.17) is 9.47 Å². The predicted molar refractivity (Wildman–Crippen MR) is 122 cm³/mol. The zero-order valence-electron chi connectivity index (χ0n) is 16.3. The molecule has 2 unspecified atom stereocenters. The number of hydrogen-bond acceptors (Lipinski definition) is 4. The van der Waals surface area contributed by atoms with Gasteiger partial charge in [-0.2, -0.15) is 0 Å². The van der Waals surface area contributed by atoms with Crippen LogP contribution in [0, 0.1) is 5.92 Å². The third-order valence-electron chi connectivity index (χ3n) is 4.37. The summed E-state index contributed by atoms with van der Waals surface area (Å²) in [4.78, 5) is 6.62. The summed E-state index contributed by atoms with van der Waals surface area (Å²) in [6.07, 6.45) is 1.10. The Bertz CT molecular complexity index is 575. The van der Waals surface area contributed by atoms with Crippen molar-refractivity contribution in [2.24, 2.45) is 10.9 Å². The molecule has 1 aliphatic rings. The molecule has 6 nitrogen and oxygen atoms in total. The van der Waals surface area contributed by atoms with Crippen molar-refractivity contribution in [1.82, 2.24) is 10.2 Å². The molecule has 0 aromatic heterocycles. The summed E-state index contributed by atoms with van der Waals surface area (Å²) in [5.41, 5.74) is 1.12. The topological polar surface area (TPSA) is 63.2 Å². The van der Waals surface area contributed by atoms with Crippen LogP contribution in [0.15, 0.2) is 35.3 Å². The lowest BCUT2D eigenvalue weighted by Crippen LogP contribution is -2.41. The molecule has 0 radical (unpaired) electrons. The van der Waals surface area contributed by atoms with Crippen LogP contribution in [0.25, 0.3) is 0 Å². The van der Waals surface area contributed by atoms with Crippen molar-refractivity contribution in [3.8, 4) is 0 Å². The second-order valence-corrected chi connectivity index (χ2v) is 7.99. The molecule has 154 valence electrons. The zero-order chi connectivity index (χ0) is 18.6. The van der Waals surface area contributed by atoms with Gasteiger partial charge in [0, 0.05) is 62.0 Å². The van der Waals surface area contributed by atoms with E-state index in [-0.39, 0.29) is 24.0 Å². The van der Waals surface area contributed by atoms with Crippen molar-refractivity contribution in [1.29, 1.82) is 0 Å². The van der Waals surface area contributed by atoms with Gasteiger partial charge in [0.15, 0.2) is 5.96 Å². The van der Waals surface area contributed by atoms with Crippen molar-refractivity contribution in [3.63, 3.8) is 0 Å². The summed E-state index contributed by atoms with van der Waals surface area (Å²) in [5, 5.41) is 3.35. The summed E-state index contributed by atoms with van der Waals surface area (Å²) >= 11 is 0. The second kappa shape index (κ2) is 14.3. The van der Waals surface area contributed by atoms with E-state index in [0.717, 1.165) is 37.6 Å². The molecule has 2 rings (SSSR count). The van der Waals surface area contributed by atoms with Crippen molar-refractivity contribution >= 4 is 40.7 Å². The number of halogens is 1. The van der Waals surface area contributed by atoms with Gasteiger partial charge in [-0.1, -0.05) is 30.3 Å². The summed E-state index contributed by atoms with van der Waals surface area (Å²) < 4.78 is 22.8. The lowest BCUT2D eigenvalue weighted by atomic mass is 10.1. The number of benzene rings is 1. The SMILES string of the molecule is CN=C(NCCS(=O)Cc1ccccc1)N1CCC(COCCOC)C1.I. The molecule has 0 amide bonds. The molecular formula is C19H32IN3O3S. The molecule has 0 bridgehead atoms. The van der Waals surface area contributed by atoms with Crippen LogP contribution < -0.4 is 5.32 Å². The highest BCUT2D eigenvalue weighted by Gasteiger charge is 2.24. The van der Waals surface area contributed by atoms with E-state index in [1.807, 2.05) is 30.3 Å². The van der Waals surface area contributed by atoms with Gasteiger partial charge < -0.3 is 19.7 Å². The standard InChI is InChI=1S/C19H31N3O3S.HI/c1-20-19(22-10-8-18(14-22)15-25-12-11-24-2)21-9-13-26(23)16-17-6-4-3-5-7-17;/h3-7,18H,8-16H2,1-2H3,(H,20,21);1H. The molecule has 8 heteroatoms. The molecule has 0 aliphatic carbocycles. The molecule has 1 fully saturated rings. The average molecular weight is 509 g/mol. The lowest BCUT2D eigenvalue weighted by Gasteiger charge is -2.21. The van der Waals surface area contributed by atoms with E-state index < -0.39 is 10.8 Å². The maximum Gasteiger partial charge on any atom is 0.193 e. The van der Waals surface area contributed by atoms with E-state index in [2.05, 4.69) is 15.2 Å². The van der Waals surface area contributed by atoms with E-state index >= 15 is 0 Å². The van der Waals surface area contributed by atoms with Crippen LogP contribution in [0.3, 0.4) is 0 Å². The maximum atomic E-state index is 12.2. The predicted octanol–water partition coefficient (Wildman–Crippen LogP) is 2.11. The largest absolute Gasteiger partial charge is 0.382 e. The zero-order valence-corrected chi connectivity index (χ0v) is 19.4. The van der Waals surface area contributed by atoms with E-state index in [1.165, 1.54) is 0 Å². The quantitative estimate of drug-likeness (QED) is 0.227. The highest BCUT2D eigenvalue weighted by molar-refractivity contribution is 14.0. The smallest absolute Gasteiger partial charge is 0.193 e. The Hall–Kier alpha value is -0.710. The Morgan fingerprint density at radius 3 is 2.81 bits per heavy atom. The van der Waals surface area contributed by atoms with Crippen molar-refractivity contribution in [2.45, 2.75) is 12.2 Å². The third kappa shape index (κ3) is 9.36. The number of nitrogens with zero attached hydrogens (tertiary/aromatic N) is 2. The van der Waals surface area contributed by atoms with Crippen molar-refractivity contribution in [3.05, 3.63) is 35.9 Å². The first-order valence-corrected chi connectivity index (χ1v) is 10.6. The van der Waals surface area contributed by atoms with Gasteiger partial charge in [0.25, 0.3) is 0 Å². The molecular weight excluding hydrogens is 477 g/mol. The van der Waals surface area contributed by atoms with Gasteiger partial charge in [-0.25, -0.2) is 0 Å². The molecule has 0 saturated carbocycles. The minimum absolute atomic E-state index is 0. The number of nitrogens with one attached hydrogen (secondary N) is 1. The van der Waals surface area contributed by atoms with E-state index in [9.17, 15) is 4.21 Å². The monoisotopic (exact) mass is 509 g/mol.